The maximum atomic E-state index is 13.1. The molecule has 1 fully saturated rings. The molecule has 1 aliphatic heterocycles. The van der Waals surface area contributed by atoms with Crippen LogP contribution in [0.4, 0.5) is 5.69 Å². The predicted molar refractivity (Wildman–Crippen MR) is 116 cm³/mol. The van der Waals surface area contributed by atoms with Crippen molar-refractivity contribution >= 4 is 49.1 Å². The Bertz CT molecular complexity index is 1000. The summed E-state index contributed by atoms with van der Waals surface area (Å²) in [5.74, 6) is -0.320. The van der Waals surface area contributed by atoms with E-state index in [1.807, 2.05) is 0 Å². The molecule has 0 atom stereocenters. The lowest BCUT2D eigenvalue weighted by Crippen LogP contribution is -2.36. The predicted octanol–water partition coefficient (Wildman–Crippen LogP) is 4.86. The van der Waals surface area contributed by atoms with Gasteiger partial charge < -0.3 is 4.90 Å². The molecule has 0 aromatic heterocycles. The van der Waals surface area contributed by atoms with Crippen LogP contribution in [0.25, 0.3) is 0 Å². The quantitative estimate of drug-likeness (QED) is 0.621. The molecule has 3 rings (SSSR count). The van der Waals surface area contributed by atoms with Crippen LogP contribution in [-0.4, -0.2) is 38.8 Å². The third kappa shape index (κ3) is 4.27. The fourth-order valence-electron chi connectivity index (χ4n) is 3.31. The number of piperidine rings is 1. The Morgan fingerprint density at radius 3 is 2.43 bits per heavy atom. The van der Waals surface area contributed by atoms with Crippen molar-refractivity contribution in [3.63, 3.8) is 0 Å². The van der Waals surface area contributed by atoms with E-state index in [0.717, 1.165) is 23.7 Å². The number of carbonyl (C=O) groups is 1. The Hall–Kier alpha value is -1.41. The topological polar surface area (TPSA) is 57.7 Å². The second-order valence-electron chi connectivity index (χ2n) is 6.90. The van der Waals surface area contributed by atoms with Crippen LogP contribution in [0.3, 0.4) is 0 Å². The fraction of sp³-hybridized carbons (Fsp3) is 0.350. The van der Waals surface area contributed by atoms with Crippen molar-refractivity contribution in [1.29, 1.82) is 0 Å². The van der Waals surface area contributed by atoms with Crippen molar-refractivity contribution in [2.75, 3.05) is 25.0 Å². The van der Waals surface area contributed by atoms with Crippen LogP contribution in [0.1, 0.15) is 35.2 Å². The van der Waals surface area contributed by atoms with Crippen LogP contribution in [0.15, 0.2) is 45.8 Å². The maximum absolute atomic E-state index is 13.1. The summed E-state index contributed by atoms with van der Waals surface area (Å²) in [6.45, 7) is 2.79. The van der Waals surface area contributed by atoms with E-state index in [2.05, 4.69) is 15.9 Å². The van der Waals surface area contributed by atoms with Crippen LogP contribution in [0.5, 0.6) is 0 Å². The molecule has 0 saturated carbocycles. The standard InChI is InChI=1S/C20H22BrClN2O3S/c1-14-6-7-15(12-19(14)28(26,27)24-10-4-3-5-11-24)20(25)23(2)18-9-8-16(21)13-17(18)22/h6-9,12-13H,3-5,10-11H2,1-2H3. The third-order valence-corrected chi connectivity index (χ3v) is 7.78. The molecule has 5 nitrogen and oxygen atoms in total. The van der Waals surface area contributed by atoms with Gasteiger partial charge in [-0.1, -0.05) is 40.0 Å². The average molecular weight is 486 g/mol. The highest BCUT2D eigenvalue weighted by Gasteiger charge is 2.28. The average Bonchev–Trinajstić information content (AvgIpc) is 2.68. The molecule has 0 N–H and O–H groups in total. The largest absolute Gasteiger partial charge is 0.310 e. The number of carbonyl (C=O) groups excluding carboxylic acids is 1. The van der Waals surface area contributed by atoms with Crippen LogP contribution in [-0.2, 0) is 10.0 Å². The number of sulfonamides is 1. The number of nitrogens with zero attached hydrogens (tertiary/aromatic N) is 2. The fourth-order valence-corrected chi connectivity index (χ4v) is 5.88. The zero-order chi connectivity index (χ0) is 20.5. The van der Waals surface area contributed by atoms with Gasteiger partial charge in [-0.25, -0.2) is 8.42 Å². The molecule has 1 saturated heterocycles. The van der Waals surface area contributed by atoms with Gasteiger partial charge in [0.15, 0.2) is 0 Å². The molecule has 8 heteroatoms. The molecular formula is C20H22BrClN2O3S. The first-order valence-corrected chi connectivity index (χ1v) is 11.7. The lowest BCUT2D eigenvalue weighted by Gasteiger charge is -2.27. The first-order chi connectivity index (χ1) is 13.2. The van der Waals surface area contributed by atoms with Crippen molar-refractivity contribution in [3.8, 4) is 0 Å². The molecular weight excluding hydrogens is 464 g/mol. The Morgan fingerprint density at radius 2 is 1.79 bits per heavy atom. The van der Waals surface area contributed by atoms with Gasteiger partial charge in [0.2, 0.25) is 10.0 Å². The molecule has 2 aromatic rings. The molecule has 2 aromatic carbocycles. The summed E-state index contributed by atoms with van der Waals surface area (Å²) in [6, 6.07) is 10.1. The molecule has 0 spiro atoms. The van der Waals surface area contributed by atoms with Gasteiger partial charge in [0, 0.05) is 30.2 Å². The molecule has 0 radical (unpaired) electrons. The van der Waals surface area contributed by atoms with E-state index in [0.29, 0.717) is 34.9 Å². The molecule has 28 heavy (non-hydrogen) atoms. The van der Waals surface area contributed by atoms with E-state index < -0.39 is 10.0 Å². The molecule has 1 aliphatic rings. The lowest BCUT2D eigenvalue weighted by molar-refractivity contribution is 0.0993. The van der Waals surface area contributed by atoms with E-state index in [4.69, 9.17) is 11.6 Å². The van der Waals surface area contributed by atoms with Crippen molar-refractivity contribution in [1.82, 2.24) is 4.31 Å². The summed E-state index contributed by atoms with van der Waals surface area (Å²) in [4.78, 5) is 14.6. The molecule has 1 heterocycles. The van der Waals surface area contributed by atoms with Crippen LogP contribution in [0.2, 0.25) is 5.02 Å². The van der Waals surface area contributed by atoms with E-state index in [1.54, 1.807) is 44.3 Å². The Balaban J connectivity index is 1.95. The van der Waals surface area contributed by atoms with Crippen molar-refractivity contribution in [2.45, 2.75) is 31.1 Å². The Morgan fingerprint density at radius 1 is 1.11 bits per heavy atom. The Kier molecular flexibility index (Phi) is 6.49. The number of halogens is 2. The first-order valence-electron chi connectivity index (χ1n) is 9.06. The summed E-state index contributed by atoms with van der Waals surface area (Å²) < 4.78 is 28.5. The SMILES string of the molecule is Cc1ccc(C(=O)N(C)c2ccc(Br)cc2Cl)cc1S(=O)(=O)N1CCCCC1. The van der Waals surface area contributed by atoms with E-state index in [-0.39, 0.29) is 10.8 Å². The van der Waals surface area contributed by atoms with Gasteiger partial charge in [0.05, 0.1) is 15.6 Å². The molecule has 1 amide bonds. The van der Waals surface area contributed by atoms with Gasteiger partial charge in [-0.15, -0.1) is 0 Å². The van der Waals surface area contributed by atoms with Crippen LogP contribution < -0.4 is 4.90 Å². The number of hydrogen-bond acceptors (Lipinski definition) is 3. The lowest BCUT2D eigenvalue weighted by atomic mass is 10.1. The monoisotopic (exact) mass is 484 g/mol. The number of amides is 1. The number of rotatable bonds is 4. The maximum Gasteiger partial charge on any atom is 0.258 e. The number of aryl methyl sites for hydroxylation is 1. The highest BCUT2D eigenvalue weighted by atomic mass is 79.9. The molecule has 0 aliphatic carbocycles. The highest BCUT2D eigenvalue weighted by Crippen LogP contribution is 2.30. The molecule has 150 valence electrons. The minimum Gasteiger partial charge on any atom is -0.310 e. The van der Waals surface area contributed by atoms with Crippen LogP contribution >= 0.6 is 27.5 Å². The highest BCUT2D eigenvalue weighted by molar-refractivity contribution is 9.10. The normalized spacial score (nSPS) is 15.4. The summed E-state index contributed by atoms with van der Waals surface area (Å²) in [7, 11) is -2.00. The summed E-state index contributed by atoms with van der Waals surface area (Å²) >= 11 is 9.61. The summed E-state index contributed by atoms with van der Waals surface area (Å²) in [5.41, 5.74) is 1.49. The molecule has 0 unspecified atom stereocenters. The van der Waals surface area contributed by atoms with Gasteiger partial charge in [-0.2, -0.15) is 4.31 Å². The minimum absolute atomic E-state index is 0.190. The summed E-state index contributed by atoms with van der Waals surface area (Å²) in [5, 5.41) is 0.429. The van der Waals surface area contributed by atoms with Gasteiger partial charge in [0.1, 0.15) is 0 Å². The van der Waals surface area contributed by atoms with Gasteiger partial charge in [-0.05, 0) is 55.7 Å². The van der Waals surface area contributed by atoms with Crippen molar-refractivity contribution in [3.05, 3.63) is 57.0 Å². The number of benzene rings is 2. The third-order valence-electron chi connectivity index (χ3n) is 4.94. The smallest absolute Gasteiger partial charge is 0.258 e. The van der Waals surface area contributed by atoms with Crippen molar-refractivity contribution in [2.24, 2.45) is 0 Å². The number of anilines is 1. The zero-order valence-electron chi connectivity index (χ0n) is 15.8. The second kappa shape index (κ2) is 8.53. The molecule has 0 bridgehead atoms. The summed E-state index contributed by atoms with van der Waals surface area (Å²) in [6.07, 6.45) is 2.77. The minimum atomic E-state index is -3.62. The van der Waals surface area contributed by atoms with Crippen LogP contribution in [0, 0.1) is 6.92 Å². The van der Waals surface area contributed by atoms with E-state index >= 15 is 0 Å². The zero-order valence-corrected chi connectivity index (χ0v) is 18.9. The second-order valence-corrected chi connectivity index (χ2v) is 10.1. The van der Waals surface area contributed by atoms with Gasteiger partial charge >= 0.3 is 0 Å². The van der Waals surface area contributed by atoms with E-state index in [9.17, 15) is 13.2 Å². The first kappa shape index (κ1) is 21.3. The van der Waals surface area contributed by atoms with Gasteiger partial charge in [0.25, 0.3) is 5.91 Å². The van der Waals surface area contributed by atoms with Crippen molar-refractivity contribution < 1.29 is 13.2 Å². The van der Waals surface area contributed by atoms with E-state index in [1.165, 1.54) is 15.3 Å². The Labute approximate surface area is 179 Å². The van der Waals surface area contributed by atoms with Gasteiger partial charge in [-0.3, -0.25) is 4.79 Å². The number of hydrogen-bond donors (Lipinski definition) is 0.